The first-order valence-electron chi connectivity index (χ1n) is 5.88. The molecule has 2 rings (SSSR count). The maximum atomic E-state index is 4.63. The first-order chi connectivity index (χ1) is 8.17. The monoisotopic (exact) mass is 246 g/mol. The molecule has 17 heavy (non-hydrogen) atoms. The molecule has 0 spiro atoms. The summed E-state index contributed by atoms with van der Waals surface area (Å²) >= 11 is 4.33. The molecule has 0 aliphatic heterocycles. The van der Waals surface area contributed by atoms with Crippen molar-refractivity contribution in [3.05, 3.63) is 42.2 Å². The van der Waals surface area contributed by atoms with Crippen LogP contribution in [0.1, 0.15) is 31.2 Å². The summed E-state index contributed by atoms with van der Waals surface area (Å²) in [7, 11) is 0. The zero-order valence-electron chi connectivity index (χ0n) is 10.3. The molecule has 0 saturated carbocycles. The van der Waals surface area contributed by atoms with Gasteiger partial charge in [-0.25, -0.2) is 4.98 Å². The van der Waals surface area contributed by atoms with Crippen molar-refractivity contribution in [1.29, 1.82) is 0 Å². The van der Waals surface area contributed by atoms with Crippen LogP contribution in [-0.4, -0.2) is 9.55 Å². The third-order valence-corrected chi connectivity index (χ3v) is 3.25. The van der Waals surface area contributed by atoms with Gasteiger partial charge in [0.05, 0.1) is 11.0 Å². The Morgan fingerprint density at radius 1 is 1.47 bits per heavy atom. The fourth-order valence-electron chi connectivity index (χ4n) is 2.01. The summed E-state index contributed by atoms with van der Waals surface area (Å²) in [5, 5.41) is 0. The van der Waals surface area contributed by atoms with Crippen LogP contribution in [0.4, 0.5) is 0 Å². The third kappa shape index (κ3) is 2.25. The van der Waals surface area contributed by atoms with Crippen molar-refractivity contribution in [2.24, 2.45) is 0 Å². The van der Waals surface area contributed by atoms with E-state index in [0.29, 0.717) is 11.7 Å². The van der Waals surface area contributed by atoms with Crippen molar-refractivity contribution >= 4 is 23.7 Å². The van der Waals surface area contributed by atoms with E-state index in [2.05, 4.69) is 60.8 Å². The smallest absolute Gasteiger partial charge is 0.119 e. The van der Waals surface area contributed by atoms with Crippen LogP contribution >= 0.6 is 12.6 Å². The Labute approximate surface area is 108 Å². The van der Waals surface area contributed by atoms with E-state index in [1.54, 1.807) is 0 Å². The van der Waals surface area contributed by atoms with Gasteiger partial charge >= 0.3 is 0 Å². The topological polar surface area (TPSA) is 17.8 Å². The number of fused-ring (bicyclic) bond motifs is 1. The summed E-state index contributed by atoms with van der Waals surface area (Å²) in [6, 6.07) is 6.50. The molecule has 1 heterocycles. The summed E-state index contributed by atoms with van der Waals surface area (Å²) < 4.78 is 2.17. The summed E-state index contributed by atoms with van der Waals surface area (Å²) in [5.41, 5.74) is 3.55. The fourth-order valence-corrected chi connectivity index (χ4v) is 2.25. The van der Waals surface area contributed by atoms with Crippen LogP contribution in [0.15, 0.2) is 30.9 Å². The Kier molecular flexibility index (Phi) is 3.57. The lowest BCUT2D eigenvalue weighted by Crippen LogP contribution is -1.99. The SMILES string of the molecule is C=CCn1c(CS)nc2cc(C(C)C)ccc21. The predicted molar refractivity (Wildman–Crippen MR) is 76.7 cm³/mol. The number of rotatable bonds is 4. The van der Waals surface area contributed by atoms with Crippen LogP contribution in [0.5, 0.6) is 0 Å². The van der Waals surface area contributed by atoms with E-state index in [1.807, 2.05) is 6.08 Å². The number of hydrogen-bond donors (Lipinski definition) is 1. The normalized spacial score (nSPS) is 11.3. The van der Waals surface area contributed by atoms with Gasteiger partial charge in [0.1, 0.15) is 5.82 Å². The number of allylic oxidation sites excluding steroid dienone is 1. The summed E-state index contributed by atoms with van der Waals surface area (Å²) in [4.78, 5) is 4.63. The van der Waals surface area contributed by atoms with E-state index < -0.39 is 0 Å². The minimum absolute atomic E-state index is 0.531. The molecule has 2 nitrogen and oxygen atoms in total. The van der Waals surface area contributed by atoms with Crippen LogP contribution in [0.25, 0.3) is 11.0 Å². The summed E-state index contributed by atoms with van der Waals surface area (Å²) in [6.45, 7) is 8.97. The molecule has 1 aromatic heterocycles. The highest BCUT2D eigenvalue weighted by Gasteiger charge is 2.09. The number of imidazole rings is 1. The number of benzene rings is 1. The molecule has 0 saturated heterocycles. The maximum absolute atomic E-state index is 4.63. The van der Waals surface area contributed by atoms with E-state index in [-0.39, 0.29) is 0 Å². The quantitative estimate of drug-likeness (QED) is 0.642. The minimum atomic E-state index is 0.531. The van der Waals surface area contributed by atoms with Gasteiger partial charge in [-0.3, -0.25) is 0 Å². The largest absolute Gasteiger partial charge is 0.323 e. The molecular formula is C14H18N2S. The van der Waals surface area contributed by atoms with Crippen molar-refractivity contribution in [2.45, 2.75) is 32.1 Å². The van der Waals surface area contributed by atoms with Gasteiger partial charge in [0, 0.05) is 12.3 Å². The molecule has 0 fully saturated rings. The lowest BCUT2D eigenvalue weighted by molar-refractivity contribution is 0.802. The number of hydrogen-bond acceptors (Lipinski definition) is 2. The first-order valence-corrected chi connectivity index (χ1v) is 6.51. The van der Waals surface area contributed by atoms with Gasteiger partial charge in [0.2, 0.25) is 0 Å². The molecule has 0 bridgehead atoms. The van der Waals surface area contributed by atoms with Crippen LogP contribution < -0.4 is 0 Å². The summed E-state index contributed by atoms with van der Waals surface area (Å²) in [5.74, 6) is 2.19. The molecule has 0 aliphatic rings. The van der Waals surface area contributed by atoms with Crippen LogP contribution in [-0.2, 0) is 12.3 Å². The minimum Gasteiger partial charge on any atom is -0.323 e. The maximum Gasteiger partial charge on any atom is 0.119 e. The average Bonchev–Trinajstić information content (AvgIpc) is 2.67. The molecule has 1 aromatic carbocycles. The van der Waals surface area contributed by atoms with E-state index in [1.165, 1.54) is 11.1 Å². The Bertz CT molecular complexity index is 540. The lowest BCUT2D eigenvalue weighted by atomic mass is 10.0. The van der Waals surface area contributed by atoms with E-state index in [9.17, 15) is 0 Å². The second-order valence-electron chi connectivity index (χ2n) is 4.49. The van der Waals surface area contributed by atoms with E-state index in [4.69, 9.17) is 0 Å². The number of nitrogens with zero attached hydrogens (tertiary/aromatic N) is 2. The van der Waals surface area contributed by atoms with Crippen molar-refractivity contribution in [3.63, 3.8) is 0 Å². The third-order valence-electron chi connectivity index (χ3n) is 2.97. The van der Waals surface area contributed by atoms with Crippen LogP contribution in [0.3, 0.4) is 0 Å². The van der Waals surface area contributed by atoms with Gasteiger partial charge in [0.15, 0.2) is 0 Å². The molecule has 0 unspecified atom stereocenters. The Morgan fingerprint density at radius 3 is 2.82 bits per heavy atom. The molecule has 0 amide bonds. The highest BCUT2D eigenvalue weighted by Crippen LogP contribution is 2.23. The molecule has 0 atom stereocenters. The number of aromatic nitrogens is 2. The molecule has 90 valence electrons. The molecule has 0 N–H and O–H groups in total. The van der Waals surface area contributed by atoms with Gasteiger partial charge in [-0.2, -0.15) is 12.6 Å². The van der Waals surface area contributed by atoms with Gasteiger partial charge in [0.25, 0.3) is 0 Å². The van der Waals surface area contributed by atoms with Gasteiger partial charge in [-0.1, -0.05) is 26.0 Å². The number of thiol groups is 1. The highest BCUT2D eigenvalue weighted by molar-refractivity contribution is 7.79. The second kappa shape index (κ2) is 4.96. The van der Waals surface area contributed by atoms with Crippen molar-refractivity contribution in [3.8, 4) is 0 Å². The second-order valence-corrected chi connectivity index (χ2v) is 4.80. The zero-order valence-corrected chi connectivity index (χ0v) is 11.2. The van der Waals surface area contributed by atoms with Gasteiger partial charge < -0.3 is 4.57 Å². The van der Waals surface area contributed by atoms with Crippen LogP contribution in [0, 0.1) is 0 Å². The standard InChI is InChI=1S/C14H18N2S/c1-4-7-16-13-6-5-11(10(2)3)8-12(13)15-14(16)9-17/h4-6,8,10,17H,1,7,9H2,2-3H3. The van der Waals surface area contributed by atoms with Crippen molar-refractivity contribution < 1.29 is 0 Å². The van der Waals surface area contributed by atoms with Gasteiger partial charge in [-0.15, -0.1) is 6.58 Å². The van der Waals surface area contributed by atoms with E-state index in [0.717, 1.165) is 17.9 Å². The van der Waals surface area contributed by atoms with Crippen molar-refractivity contribution in [1.82, 2.24) is 9.55 Å². The lowest BCUT2D eigenvalue weighted by Gasteiger charge is -2.06. The molecular weight excluding hydrogens is 228 g/mol. The Balaban J connectivity index is 2.60. The molecule has 3 heteroatoms. The summed E-state index contributed by atoms with van der Waals surface area (Å²) in [6.07, 6.45) is 1.89. The average molecular weight is 246 g/mol. The first kappa shape index (κ1) is 12.2. The zero-order chi connectivity index (χ0) is 12.4. The Hall–Kier alpha value is -1.22. The fraction of sp³-hybridized carbons (Fsp3) is 0.357. The highest BCUT2D eigenvalue weighted by atomic mass is 32.1. The molecule has 2 aromatic rings. The Morgan fingerprint density at radius 2 is 2.24 bits per heavy atom. The van der Waals surface area contributed by atoms with Crippen LogP contribution in [0.2, 0.25) is 0 Å². The predicted octanol–water partition coefficient (Wildman–Crippen LogP) is 3.78. The van der Waals surface area contributed by atoms with Crippen molar-refractivity contribution in [2.75, 3.05) is 0 Å². The molecule has 0 aliphatic carbocycles. The van der Waals surface area contributed by atoms with E-state index >= 15 is 0 Å². The molecule has 0 radical (unpaired) electrons. The van der Waals surface area contributed by atoms with Gasteiger partial charge in [-0.05, 0) is 23.6 Å².